The lowest BCUT2D eigenvalue weighted by Crippen LogP contribution is -2.37. The number of rotatable bonds is 8. The Morgan fingerprint density at radius 1 is 1.45 bits per heavy atom. The summed E-state index contributed by atoms with van der Waals surface area (Å²) in [5, 5.41) is 13.2. The highest BCUT2D eigenvalue weighted by atomic mass is 32.1. The number of aromatic nitrogens is 2. The Morgan fingerprint density at radius 3 is 2.95 bits per heavy atom. The summed E-state index contributed by atoms with van der Waals surface area (Å²) in [6.07, 6.45) is 1.97. The molecule has 2 atom stereocenters. The SMILES string of the molecule is Cc1ccc(CC(C)NCC(O)COc2cnsn2)s1. The van der Waals surface area contributed by atoms with Gasteiger partial charge in [-0.1, -0.05) is 0 Å². The summed E-state index contributed by atoms with van der Waals surface area (Å²) < 4.78 is 13.1. The largest absolute Gasteiger partial charge is 0.473 e. The second-order valence-corrected chi connectivity index (χ2v) is 6.67. The number of aliphatic hydroxyl groups is 1. The number of nitrogens with one attached hydrogen (secondary N) is 1. The Bertz CT molecular complexity index is 501. The number of nitrogens with zero attached hydrogens (tertiary/aromatic N) is 2. The van der Waals surface area contributed by atoms with Gasteiger partial charge in [0.2, 0.25) is 5.88 Å². The third-order valence-electron chi connectivity index (χ3n) is 2.77. The smallest absolute Gasteiger partial charge is 0.245 e. The molecule has 0 saturated carbocycles. The van der Waals surface area contributed by atoms with Crippen molar-refractivity contribution in [3.8, 4) is 5.88 Å². The van der Waals surface area contributed by atoms with Crippen LogP contribution < -0.4 is 10.1 Å². The molecule has 2 unspecified atom stereocenters. The minimum Gasteiger partial charge on any atom is -0.473 e. The molecule has 20 heavy (non-hydrogen) atoms. The van der Waals surface area contributed by atoms with Crippen molar-refractivity contribution >= 4 is 23.1 Å². The molecule has 0 saturated heterocycles. The maximum absolute atomic E-state index is 9.84. The van der Waals surface area contributed by atoms with Crippen LogP contribution in [-0.4, -0.2) is 39.2 Å². The van der Waals surface area contributed by atoms with E-state index in [0.717, 1.165) is 18.1 Å². The molecule has 2 heterocycles. The first kappa shape index (κ1) is 15.4. The third-order valence-corrected chi connectivity index (χ3v) is 4.25. The average Bonchev–Trinajstić information content (AvgIpc) is 3.06. The molecule has 0 radical (unpaired) electrons. The van der Waals surface area contributed by atoms with Crippen LogP contribution >= 0.6 is 23.1 Å². The molecule has 0 amide bonds. The number of aryl methyl sites for hydroxylation is 1. The zero-order valence-corrected chi connectivity index (χ0v) is 13.2. The molecule has 0 aliphatic carbocycles. The second-order valence-electron chi connectivity index (χ2n) is 4.74. The molecular weight excluding hydrogens is 294 g/mol. The lowest BCUT2D eigenvalue weighted by Gasteiger charge is -2.16. The van der Waals surface area contributed by atoms with Gasteiger partial charge in [0.25, 0.3) is 0 Å². The monoisotopic (exact) mass is 313 g/mol. The first-order chi connectivity index (χ1) is 9.63. The first-order valence-corrected chi connectivity index (χ1v) is 8.05. The third kappa shape index (κ3) is 5.16. The molecule has 0 aliphatic rings. The van der Waals surface area contributed by atoms with Gasteiger partial charge in [0, 0.05) is 22.3 Å². The van der Waals surface area contributed by atoms with Gasteiger partial charge in [0.15, 0.2) is 0 Å². The summed E-state index contributed by atoms with van der Waals surface area (Å²) in [5.41, 5.74) is 0. The van der Waals surface area contributed by atoms with Crippen LogP contribution in [0.25, 0.3) is 0 Å². The summed E-state index contributed by atoms with van der Waals surface area (Å²) in [6.45, 7) is 4.96. The zero-order valence-electron chi connectivity index (χ0n) is 11.6. The summed E-state index contributed by atoms with van der Waals surface area (Å²) in [4.78, 5) is 2.69. The second kappa shape index (κ2) is 7.68. The van der Waals surface area contributed by atoms with Crippen LogP contribution in [0, 0.1) is 6.92 Å². The normalized spacial score (nSPS) is 14.2. The van der Waals surface area contributed by atoms with Crippen molar-refractivity contribution in [3.05, 3.63) is 28.1 Å². The van der Waals surface area contributed by atoms with Gasteiger partial charge in [-0.25, -0.2) is 0 Å². The highest BCUT2D eigenvalue weighted by Gasteiger charge is 2.10. The predicted molar refractivity (Wildman–Crippen MR) is 81.6 cm³/mol. The fourth-order valence-electron chi connectivity index (χ4n) is 1.77. The first-order valence-electron chi connectivity index (χ1n) is 6.50. The van der Waals surface area contributed by atoms with E-state index in [1.165, 1.54) is 9.75 Å². The maximum Gasteiger partial charge on any atom is 0.245 e. The van der Waals surface area contributed by atoms with Crippen molar-refractivity contribution in [3.63, 3.8) is 0 Å². The van der Waals surface area contributed by atoms with Gasteiger partial charge in [0.05, 0.1) is 11.7 Å². The van der Waals surface area contributed by atoms with Crippen molar-refractivity contribution in [2.24, 2.45) is 0 Å². The van der Waals surface area contributed by atoms with Crippen LogP contribution in [0.5, 0.6) is 5.88 Å². The number of aliphatic hydroxyl groups excluding tert-OH is 1. The standard InChI is InChI=1S/C13H19N3O2S2/c1-9(5-12-4-3-10(2)19-12)14-6-11(17)8-18-13-7-15-20-16-13/h3-4,7,9,11,14,17H,5-6,8H2,1-2H3. The van der Waals surface area contributed by atoms with E-state index >= 15 is 0 Å². The highest BCUT2D eigenvalue weighted by Crippen LogP contribution is 2.16. The fourth-order valence-corrected chi connectivity index (χ4v) is 3.15. The van der Waals surface area contributed by atoms with E-state index < -0.39 is 6.10 Å². The van der Waals surface area contributed by atoms with E-state index in [9.17, 15) is 5.11 Å². The molecule has 2 N–H and O–H groups in total. The Morgan fingerprint density at radius 2 is 2.30 bits per heavy atom. The number of thiophene rings is 1. The molecule has 2 aromatic heterocycles. The molecule has 0 fully saturated rings. The minimum atomic E-state index is -0.552. The van der Waals surface area contributed by atoms with E-state index in [1.807, 2.05) is 11.3 Å². The average molecular weight is 313 g/mol. The van der Waals surface area contributed by atoms with E-state index in [0.29, 0.717) is 18.5 Å². The lowest BCUT2D eigenvalue weighted by atomic mass is 10.2. The molecule has 110 valence electrons. The van der Waals surface area contributed by atoms with Crippen molar-refractivity contribution in [2.75, 3.05) is 13.2 Å². The van der Waals surface area contributed by atoms with E-state index in [2.05, 4.69) is 40.0 Å². The van der Waals surface area contributed by atoms with Crippen LogP contribution in [0.1, 0.15) is 16.7 Å². The van der Waals surface area contributed by atoms with Gasteiger partial charge in [0.1, 0.15) is 18.9 Å². The van der Waals surface area contributed by atoms with Crippen molar-refractivity contribution in [1.82, 2.24) is 14.1 Å². The quantitative estimate of drug-likeness (QED) is 0.779. The van der Waals surface area contributed by atoms with Gasteiger partial charge in [-0.05, 0) is 32.4 Å². The van der Waals surface area contributed by atoms with Gasteiger partial charge in [-0.15, -0.1) is 15.7 Å². The Labute approximate surface area is 127 Å². The van der Waals surface area contributed by atoms with Gasteiger partial charge < -0.3 is 15.2 Å². The van der Waals surface area contributed by atoms with Crippen LogP contribution in [0.4, 0.5) is 0 Å². The summed E-state index contributed by atoms with van der Waals surface area (Å²) >= 11 is 2.91. The molecule has 2 aromatic rings. The molecule has 5 nitrogen and oxygen atoms in total. The van der Waals surface area contributed by atoms with Crippen LogP contribution in [-0.2, 0) is 6.42 Å². The Kier molecular flexibility index (Phi) is 5.90. The molecule has 0 aromatic carbocycles. The maximum atomic E-state index is 9.84. The molecular formula is C13H19N3O2S2. The molecule has 0 bridgehead atoms. The zero-order chi connectivity index (χ0) is 14.4. The Hall–Kier alpha value is -1.02. The van der Waals surface area contributed by atoms with Gasteiger partial charge in [-0.2, -0.15) is 4.37 Å². The molecule has 0 spiro atoms. The predicted octanol–water partition coefficient (Wildman–Crippen LogP) is 1.87. The van der Waals surface area contributed by atoms with E-state index in [4.69, 9.17) is 4.74 Å². The van der Waals surface area contributed by atoms with Crippen LogP contribution in [0.15, 0.2) is 18.3 Å². The summed E-state index contributed by atoms with van der Waals surface area (Å²) in [5.74, 6) is 0.469. The number of ether oxygens (including phenoxy) is 1. The fraction of sp³-hybridized carbons (Fsp3) is 0.538. The Balaban J connectivity index is 1.63. The molecule has 0 aliphatic heterocycles. The molecule has 7 heteroatoms. The highest BCUT2D eigenvalue weighted by molar-refractivity contribution is 7.11. The van der Waals surface area contributed by atoms with Crippen molar-refractivity contribution in [2.45, 2.75) is 32.4 Å². The number of hydrogen-bond donors (Lipinski definition) is 2. The van der Waals surface area contributed by atoms with Crippen molar-refractivity contribution < 1.29 is 9.84 Å². The van der Waals surface area contributed by atoms with Gasteiger partial charge >= 0.3 is 0 Å². The van der Waals surface area contributed by atoms with E-state index in [1.54, 1.807) is 6.20 Å². The summed E-state index contributed by atoms with van der Waals surface area (Å²) in [6, 6.07) is 4.62. The topological polar surface area (TPSA) is 67.3 Å². The van der Waals surface area contributed by atoms with Crippen molar-refractivity contribution in [1.29, 1.82) is 0 Å². The van der Waals surface area contributed by atoms with Crippen LogP contribution in [0.3, 0.4) is 0 Å². The number of hydrogen-bond acceptors (Lipinski definition) is 7. The minimum absolute atomic E-state index is 0.225. The van der Waals surface area contributed by atoms with Crippen LogP contribution in [0.2, 0.25) is 0 Å². The van der Waals surface area contributed by atoms with Gasteiger partial charge in [-0.3, -0.25) is 0 Å². The molecule has 2 rings (SSSR count). The summed E-state index contributed by atoms with van der Waals surface area (Å²) in [7, 11) is 0. The van der Waals surface area contributed by atoms with E-state index in [-0.39, 0.29) is 6.61 Å². The lowest BCUT2D eigenvalue weighted by molar-refractivity contribution is 0.102.